The van der Waals surface area contributed by atoms with Crippen LogP contribution in [0.5, 0.6) is 0 Å². The summed E-state index contributed by atoms with van der Waals surface area (Å²) in [6, 6.07) is 5.17. The Hall–Kier alpha value is -2.37. The second-order valence-electron chi connectivity index (χ2n) is 6.02. The Morgan fingerprint density at radius 1 is 1.33 bits per heavy atom. The zero-order valence-electron chi connectivity index (χ0n) is 12.0. The van der Waals surface area contributed by atoms with E-state index in [0.717, 1.165) is 0 Å². The molecular weight excluding hydrogens is 272 g/mol. The van der Waals surface area contributed by atoms with Crippen molar-refractivity contribution in [2.24, 2.45) is 17.3 Å². The lowest BCUT2D eigenvalue weighted by Crippen LogP contribution is -2.17. The standard InChI is InChI=1S/C15H16N2O4/c1-7-16-9-6-8(4-5-10(9)21-7)17-13(18)11-12(14(19)20)15(11,2)3/h4-6,11-12H,1-3H3,(H,17,18)(H,19,20)/t11-,12+/m1/s1. The van der Waals surface area contributed by atoms with Crippen LogP contribution in [0.1, 0.15) is 19.7 Å². The van der Waals surface area contributed by atoms with E-state index < -0.39 is 23.2 Å². The molecule has 1 saturated carbocycles. The van der Waals surface area contributed by atoms with Gasteiger partial charge in [0.2, 0.25) is 5.91 Å². The third kappa shape index (κ3) is 2.16. The number of fused-ring (bicyclic) bond motifs is 1. The average molecular weight is 288 g/mol. The number of oxazole rings is 1. The number of carboxylic acid groups (broad SMARTS) is 1. The zero-order chi connectivity index (χ0) is 15.4. The fourth-order valence-electron chi connectivity index (χ4n) is 2.93. The van der Waals surface area contributed by atoms with Crippen molar-refractivity contribution in [1.82, 2.24) is 4.98 Å². The number of anilines is 1. The van der Waals surface area contributed by atoms with Crippen LogP contribution >= 0.6 is 0 Å². The lowest BCUT2D eigenvalue weighted by molar-refractivity contribution is -0.140. The second-order valence-corrected chi connectivity index (χ2v) is 6.02. The maximum Gasteiger partial charge on any atom is 0.307 e. The first kappa shape index (κ1) is 13.6. The molecule has 2 aromatic rings. The quantitative estimate of drug-likeness (QED) is 0.904. The van der Waals surface area contributed by atoms with E-state index >= 15 is 0 Å². The lowest BCUT2D eigenvalue weighted by atomic mass is 10.1. The summed E-state index contributed by atoms with van der Waals surface area (Å²) in [5.41, 5.74) is 1.40. The highest BCUT2D eigenvalue weighted by molar-refractivity contribution is 6.00. The molecule has 0 saturated heterocycles. The van der Waals surface area contributed by atoms with Crippen LogP contribution in [0.3, 0.4) is 0 Å². The van der Waals surface area contributed by atoms with Gasteiger partial charge in [0, 0.05) is 12.6 Å². The molecule has 21 heavy (non-hydrogen) atoms. The molecule has 2 atom stereocenters. The summed E-state index contributed by atoms with van der Waals surface area (Å²) < 4.78 is 5.37. The highest BCUT2D eigenvalue weighted by Crippen LogP contribution is 2.58. The Morgan fingerprint density at radius 3 is 2.67 bits per heavy atom. The molecule has 1 aliphatic carbocycles. The van der Waals surface area contributed by atoms with Crippen LogP contribution in [0, 0.1) is 24.2 Å². The summed E-state index contributed by atoms with van der Waals surface area (Å²) in [4.78, 5) is 27.5. The van der Waals surface area contributed by atoms with E-state index in [9.17, 15) is 9.59 Å². The van der Waals surface area contributed by atoms with Crippen LogP contribution in [-0.2, 0) is 9.59 Å². The van der Waals surface area contributed by atoms with Gasteiger partial charge in [-0.05, 0) is 23.6 Å². The smallest absolute Gasteiger partial charge is 0.307 e. The number of amides is 1. The van der Waals surface area contributed by atoms with Gasteiger partial charge in [0.05, 0.1) is 11.8 Å². The predicted molar refractivity (Wildman–Crippen MR) is 75.8 cm³/mol. The van der Waals surface area contributed by atoms with Crippen LogP contribution in [0.15, 0.2) is 22.6 Å². The van der Waals surface area contributed by atoms with Crippen LogP contribution in [-0.4, -0.2) is 22.0 Å². The van der Waals surface area contributed by atoms with Crippen molar-refractivity contribution in [3.8, 4) is 0 Å². The molecule has 0 unspecified atom stereocenters. The topological polar surface area (TPSA) is 92.4 Å². The highest BCUT2D eigenvalue weighted by Gasteiger charge is 2.65. The molecule has 1 aromatic carbocycles. The Labute approximate surface area is 121 Å². The van der Waals surface area contributed by atoms with Crippen LogP contribution in [0.2, 0.25) is 0 Å². The number of rotatable bonds is 3. The maximum atomic E-state index is 12.2. The Morgan fingerprint density at radius 2 is 2.05 bits per heavy atom. The lowest BCUT2D eigenvalue weighted by Gasteiger charge is -2.05. The second kappa shape index (κ2) is 4.31. The van der Waals surface area contributed by atoms with Crippen LogP contribution in [0.4, 0.5) is 5.69 Å². The number of carboxylic acids is 1. The molecule has 0 bridgehead atoms. The van der Waals surface area contributed by atoms with Gasteiger partial charge < -0.3 is 14.8 Å². The summed E-state index contributed by atoms with van der Waals surface area (Å²) in [6.07, 6.45) is 0. The monoisotopic (exact) mass is 288 g/mol. The maximum absolute atomic E-state index is 12.2. The Bertz CT molecular complexity index is 747. The van der Waals surface area contributed by atoms with E-state index in [1.165, 1.54) is 0 Å². The number of carbonyl (C=O) groups excluding carboxylic acids is 1. The molecule has 0 aliphatic heterocycles. The van der Waals surface area contributed by atoms with Gasteiger partial charge in [-0.1, -0.05) is 13.8 Å². The predicted octanol–water partition coefficient (Wildman–Crippen LogP) is 2.43. The number of nitrogens with zero attached hydrogens (tertiary/aromatic N) is 1. The summed E-state index contributed by atoms with van der Waals surface area (Å²) in [5, 5.41) is 11.9. The molecule has 6 nitrogen and oxygen atoms in total. The molecule has 1 aromatic heterocycles. The largest absolute Gasteiger partial charge is 0.481 e. The number of hydrogen-bond donors (Lipinski definition) is 2. The molecular formula is C15H16N2O4. The van der Waals surface area contributed by atoms with E-state index in [2.05, 4.69) is 10.3 Å². The van der Waals surface area contributed by atoms with Crippen LogP contribution in [0.25, 0.3) is 11.1 Å². The van der Waals surface area contributed by atoms with E-state index in [-0.39, 0.29) is 5.91 Å². The van der Waals surface area contributed by atoms with Crippen molar-refractivity contribution >= 4 is 28.7 Å². The molecule has 2 N–H and O–H groups in total. The minimum absolute atomic E-state index is 0.271. The van der Waals surface area contributed by atoms with Crippen molar-refractivity contribution < 1.29 is 19.1 Å². The number of hydrogen-bond acceptors (Lipinski definition) is 4. The number of aliphatic carboxylic acids is 1. The number of carbonyl (C=O) groups is 2. The molecule has 0 radical (unpaired) electrons. The molecule has 1 aliphatic rings. The van der Waals surface area contributed by atoms with Gasteiger partial charge in [0.15, 0.2) is 11.5 Å². The van der Waals surface area contributed by atoms with E-state index in [4.69, 9.17) is 9.52 Å². The minimum Gasteiger partial charge on any atom is -0.481 e. The molecule has 0 spiro atoms. The third-order valence-electron chi connectivity index (χ3n) is 4.14. The Balaban J connectivity index is 1.79. The van der Waals surface area contributed by atoms with Crippen molar-refractivity contribution in [2.75, 3.05) is 5.32 Å². The molecule has 1 fully saturated rings. The summed E-state index contributed by atoms with van der Waals surface area (Å²) >= 11 is 0. The average Bonchev–Trinajstić information content (AvgIpc) is 2.77. The van der Waals surface area contributed by atoms with E-state index in [1.807, 2.05) is 0 Å². The molecule has 1 heterocycles. The van der Waals surface area contributed by atoms with Gasteiger partial charge in [0.25, 0.3) is 0 Å². The molecule has 110 valence electrons. The van der Waals surface area contributed by atoms with Gasteiger partial charge in [-0.3, -0.25) is 9.59 Å². The minimum atomic E-state index is -0.928. The van der Waals surface area contributed by atoms with Crippen molar-refractivity contribution in [3.05, 3.63) is 24.1 Å². The van der Waals surface area contributed by atoms with Gasteiger partial charge in [-0.2, -0.15) is 0 Å². The SMILES string of the molecule is Cc1nc2cc(NC(=O)[C@H]3[C@@H](C(=O)O)C3(C)C)ccc2o1. The summed E-state index contributed by atoms with van der Waals surface area (Å²) in [7, 11) is 0. The fraction of sp³-hybridized carbons (Fsp3) is 0.400. The number of aromatic nitrogens is 1. The van der Waals surface area contributed by atoms with E-state index in [1.54, 1.807) is 39.0 Å². The highest BCUT2D eigenvalue weighted by atomic mass is 16.4. The van der Waals surface area contributed by atoms with E-state index in [0.29, 0.717) is 22.7 Å². The zero-order valence-corrected chi connectivity index (χ0v) is 12.0. The summed E-state index contributed by atoms with van der Waals surface area (Å²) in [6.45, 7) is 5.34. The first-order chi connectivity index (χ1) is 9.80. The molecule has 1 amide bonds. The number of benzene rings is 1. The molecule has 3 rings (SSSR count). The fourth-order valence-corrected chi connectivity index (χ4v) is 2.93. The number of aryl methyl sites for hydroxylation is 1. The first-order valence-corrected chi connectivity index (χ1v) is 6.71. The third-order valence-corrected chi connectivity index (χ3v) is 4.14. The van der Waals surface area contributed by atoms with Gasteiger partial charge in [0.1, 0.15) is 5.52 Å². The first-order valence-electron chi connectivity index (χ1n) is 6.71. The van der Waals surface area contributed by atoms with Crippen molar-refractivity contribution in [2.45, 2.75) is 20.8 Å². The normalized spacial score (nSPS) is 23.0. The van der Waals surface area contributed by atoms with Crippen molar-refractivity contribution in [3.63, 3.8) is 0 Å². The van der Waals surface area contributed by atoms with Gasteiger partial charge in [-0.25, -0.2) is 4.98 Å². The summed E-state index contributed by atoms with van der Waals surface area (Å²) in [5.74, 6) is -1.78. The van der Waals surface area contributed by atoms with Gasteiger partial charge >= 0.3 is 5.97 Å². The van der Waals surface area contributed by atoms with Crippen molar-refractivity contribution in [1.29, 1.82) is 0 Å². The van der Waals surface area contributed by atoms with Gasteiger partial charge in [-0.15, -0.1) is 0 Å². The number of nitrogens with one attached hydrogen (secondary N) is 1. The Kier molecular flexibility index (Phi) is 2.79. The van der Waals surface area contributed by atoms with Crippen LogP contribution < -0.4 is 5.32 Å². The molecule has 6 heteroatoms.